The molecule has 4 heteroatoms. The fourth-order valence-electron chi connectivity index (χ4n) is 6.15. The fraction of sp³-hybridized carbons (Fsp3) is 0.667. The van der Waals surface area contributed by atoms with Gasteiger partial charge in [0.1, 0.15) is 0 Å². The zero-order chi connectivity index (χ0) is 19.9. The van der Waals surface area contributed by atoms with Crippen LogP contribution in [0.2, 0.25) is 0 Å². The van der Waals surface area contributed by atoms with Crippen LogP contribution in [-0.4, -0.2) is 24.9 Å². The average Bonchev–Trinajstić information content (AvgIpc) is 2.63. The molecule has 2 N–H and O–H groups in total. The first-order chi connectivity index (χ1) is 13.2. The van der Waals surface area contributed by atoms with Crippen LogP contribution in [0.25, 0.3) is 0 Å². The molecule has 0 radical (unpaired) electrons. The molecule has 0 aromatic heterocycles. The smallest absolute Gasteiger partial charge is 0.251 e. The average molecular weight is 383 g/mol. The van der Waals surface area contributed by atoms with Crippen molar-refractivity contribution in [1.29, 1.82) is 0 Å². The summed E-state index contributed by atoms with van der Waals surface area (Å²) in [6, 6.07) is 7.79. The van der Waals surface area contributed by atoms with E-state index in [0.717, 1.165) is 37.0 Å². The first-order valence-electron chi connectivity index (χ1n) is 10.9. The number of rotatable bonds is 5. The maximum Gasteiger partial charge on any atom is 0.251 e. The standard InChI is InChI=1S/C24H34N2O2/c1-23(2,3)20-6-4-19(5-7-20)21(27)25-8-9-26-22(28)24-13-16-10-17(14-24)12-18(11-16)15-24/h4-7,16-18H,8-15H2,1-3H3,(H,25,27)(H,26,28). The Bertz CT molecular complexity index is 710. The molecule has 0 heterocycles. The lowest BCUT2D eigenvalue weighted by Crippen LogP contribution is -2.54. The highest BCUT2D eigenvalue weighted by Gasteiger charge is 2.54. The third-order valence-corrected chi connectivity index (χ3v) is 7.23. The van der Waals surface area contributed by atoms with E-state index in [9.17, 15) is 9.59 Å². The minimum Gasteiger partial charge on any atom is -0.354 e. The first-order valence-corrected chi connectivity index (χ1v) is 10.9. The Morgan fingerprint density at radius 3 is 1.89 bits per heavy atom. The molecule has 1 aromatic rings. The van der Waals surface area contributed by atoms with Gasteiger partial charge in [-0.2, -0.15) is 0 Å². The van der Waals surface area contributed by atoms with E-state index >= 15 is 0 Å². The minimum absolute atomic E-state index is 0.0792. The van der Waals surface area contributed by atoms with Gasteiger partial charge in [0.2, 0.25) is 5.91 Å². The first kappa shape index (κ1) is 19.5. The Morgan fingerprint density at radius 2 is 1.39 bits per heavy atom. The third-order valence-electron chi connectivity index (χ3n) is 7.23. The Labute approximate surface area is 168 Å². The summed E-state index contributed by atoms with van der Waals surface area (Å²) in [4.78, 5) is 25.3. The second-order valence-electron chi connectivity index (χ2n) is 10.5. The molecule has 4 saturated carbocycles. The molecule has 5 rings (SSSR count). The molecule has 4 fully saturated rings. The lowest BCUT2D eigenvalue weighted by molar-refractivity contribution is -0.146. The van der Waals surface area contributed by atoms with E-state index in [1.165, 1.54) is 24.8 Å². The summed E-state index contributed by atoms with van der Waals surface area (Å²) in [6.07, 6.45) is 7.27. The lowest BCUT2D eigenvalue weighted by Gasteiger charge is -2.55. The van der Waals surface area contributed by atoms with Gasteiger partial charge in [-0.15, -0.1) is 0 Å². The van der Waals surface area contributed by atoms with Crippen molar-refractivity contribution >= 4 is 11.8 Å². The molecule has 0 unspecified atom stereocenters. The molecular weight excluding hydrogens is 348 g/mol. The van der Waals surface area contributed by atoms with Gasteiger partial charge in [-0.1, -0.05) is 32.9 Å². The predicted molar refractivity (Wildman–Crippen MR) is 111 cm³/mol. The molecule has 4 bridgehead atoms. The van der Waals surface area contributed by atoms with E-state index in [1.807, 2.05) is 24.3 Å². The zero-order valence-corrected chi connectivity index (χ0v) is 17.5. The largest absolute Gasteiger partial charge is 0.354 e. The maximum absolute atomic E-state index is 12.9. The van der Waals surface area contributed by atoms with Crippen molar-refractivity contribution in [2.75, 3.05) is 13.1 Å². The second-order valence-corrected chi connectivity index (χ2v) is 10.5. The van der Waals surface area contributed by atoms with Crippen LogP contribution in [0, 0.1) is 23.2 Å². The molecule has 1 aromatic carbocycles. The van der Waals surface area contributed by atoms with E-state index in [1.54, 1.807) is 0 Å². The highest BCUT2D eigenvalue weighted by Crippen LogP contribution is 2.60. The highest BCUT2D eigenvalue weighted by molar-refractivity contribution is 5.94. The quantitative estimate of drug-likeness (QED) is 0.755. The van der Waals surface area contributed by atoms with Crippen LogP contribution in [0.15, 0.2) is 24.3 Å². The van der Waals surface area contributed by atoms with Crippen LogP contribution in [-0.2, 0) is 10.2 Å². The third kappa shape index (κ3) is 3.83. The van der Waals surface area contributed by atoms with Gasteiger partial charge in [-0.3, -0.25) is 9.59 Å². The summed E-state index contributed by atoms with van der Waals surface area (Å²) in [5.41, 5.74) is 1.85. The van der Waals surface area contributed by atoms with Gasteiger partial charge < -0.3 is 10.6 Å². The SMILES string of the molecule is CC(C)(C)c1ccc(C(=O)NCCNC(=O)C23CC4CC(CC(C4)C2)C3)cc1. The molecule has 0 aliphatic heterocycles. The molecule has 4 nitrogen and oxygen atoms in total. The Kier molecular flexibility index (Phi) is 5.01. The fourth-order valence-corrected chi connectivity index (χ4v) is 6.15. The Hall–Kier alpha value is -1.84. The van der Waals surface area contributed by atoms with Gasteiger partial charge in [0.15, 0.2) is 0 Å². The van der Waals surface area contributed by atoms with E-state index in [2.05, 4.69) is 31.4 Å². The molecule has 28 heavy (non-hydrogen) atoms. The van der Waals surface area contributed by atoms with Crippen LogP contribution in [0.3, 0.4) is 0 Å². The van der Waals surface area contributed by atoms with Crippen molar-refractivity contribution in [3.63, 3.8) is 0 Å². The minimum atomic E-state index is -0.110. The van der Waals surface area contributed by atoms with E-state index in [-0.39, 0.29) is 22.6 Å². The Morgan fingerprint density at radius 1 is 0.893 bits per heavy atom. The van der Waals surface area contributed by atoms with Gasteiger partial charge in [0.25, 0.3) is 5.91 Å². The van der Waals surface area contributed by atoms with Crippen LogP contribution in [0.1, 0.15) is 75.2 Å². The number of carbonyl (C=O) groups excluding carboxylic acids is 2. The lowest BCUT2D eigenvalue weighted by atomic mass is 9.49. The van der Waals surface area contributed by atoms with Crippen LogP contribution in [0.5, 0.6) is 0 Å². The summed E-state index contributed by atoms with van der Waals surface area (Å²) in [5.74, 6) is 2.47. The van der Waals surface area contributed by atoms with Gasteiger partial charge >= 0.3 is 0 Å². The monoisotopic (exact) mass is 382 g/mol. The number of amides is 2. The molecule has 0 atom stereocenters. The van der Waals surface area contributed by atoms with Crippen molar-refractivity contribution < 1.29 is 9.59 Å². The molecule has 2 amide bonds. The molecule has 0 saturated heterocycles. The van der Waals surface area contributed by atoms with E-state index < -0.39 is 0 Å². The predicted octanol–water partition coefficient (Wildman–Crippen LogP) is 4.05. The molecule has 4 aliphatic carbocycles. The highest BCUT2D eigenvalue weighted by atomic mass is 16.2. The summed E-state index contributed by atoms with van der Waals surface area (Å²) >= 11 is 0. The Balaban J connectivity index is 1.24. The van der Waals surface area contributed by atoms with Gasteiger partial charge in [-0.25, -0.2) is 0 Å². The van der Waals surface area contributed by atoms with Crippen molar-refractivity contribution in [3.05, 3.63) is 35.4 Å². The van der Waals surface area contributed by atoms with Crippen LogP contribution in [0.4, 0.5) is 0 Å². The van der Waals surface area contributed by atoms with Gasteiger partial charge in [0.05, 0.1) is 0 Å². The second kappa shape index (κ2) is 7.20. The normalized spacial score (nSPS) is 30.9. The summed E-state index contributed by atoms with van der Waals surface area (Å²) < 4.78 is 0. The number of nitrogens with one attached hydrogen (secondary N) is 2. The number of hydrogen-bond acceptors (Lipinski definition) is 2. The van der Waals surface area contributed by atoms with Crippen molar-refractivity contribution in [3.8, 4) is 0 Å². The van der Waals surface area contributed by atoms with Gasteiger partial charge in [-0.05, 0) is 79.4 Å². The van der Waals surface area contributed by atoms with Crippen LogP contribution >= 0.6 is 0 Å². The van der Waals surface area contributed by atoms with E-state index in [0.29, 0.717) is 18.7 Å². The maximum atomic E-state index is 12.9. The number of hydrogen-bond donors (Lipinski definition) is 2. The van der Waals surface area contributed by atoms with Gasteiger partial charge in [0, 0.05) is 24.1 Å². The van der Waals surface area contributed by atoms with Crippen molar-refractivity contribution in [2.24, 2.45) is 23.2 Å². The van der Waals surface area contributed by atoms with Crippen molar-refractivity contribution in [2.45, 2.75) is 64.7 Å². The molecular formula is C24H34N2O2. The number of carbonyl (C=O) groups is 2. The topological polar surface area (TPSA) is 58.2 Å². The van der Waals surface area contributed by atoms with Crippen molar-refractivity contribution in [1.82, 2.24) is 10.6 Å². The van der Waals surface area contributed by atoms with E-state index in [4.69, 9.17) is 0 Å². The number of benzene rings is 1. The van der Waals surface area contributed by atoms with Crippen LogP contribution < -0.4 is 10.6 Å². The molecule has 0 spiro atoms. The summed E-state index contributed by atoms with van der Waals surface area (Å²) in [7, 11) is 0. The summed E-state index contributed by atoms with van der Waals surface area (Å²) in [6.45, 7) is 7.46. The summed E-state index contributed by atoms with van der Waals surface area (Å²) in [5, 5.41) is 6.05. The zero-order valence-electron chi connectivity index (χ0n) is 17.5. The molecule has 152 valence electrons. The molecule has 4 aliphatic rings.